The van der Waals surface area contributed by atoms with Crippen molar-refractivity contribution in [1.82, 2.24) is 4.98 Å². The molecule has 0 bridgehead atoms. The zero-order valence-electron chi connectivity index (χ0n) is 11.1. The maximum atomic E-state index is 11.9. The Kier molecular flexibility index (Phi) is 5.05. The number of ether oxygens (including phenoxy) is 1. The van der Waals surface area contributed by atoms with E-state index in [1.165, 1.54) is 24.7 Å². The van der Waals surface area contributed by atoms with Crippen LogP contribution in [0.5, 0.6) is 0 Å². The SMILES string of the molecule is CC.CCOC(=O)c1c[nH]c2c[n+](O)ccc2c1=O. The molecule has 0 aliphatic rings. The lowest BCUT2D eigenvalue weighted by Gasteiger charge is -2.01. The van der Waals surface area contributed by atoms with E-state index in [0.717, 1.165) is 4.73 Å². The molecule has 6 heteroatoms. The molecule has 0 saturated heterocycles. The Morgan fingerprint density at radius 1 is 1.47 bits per heavy atom. The maximum absolute atomic E-state index is 11.9. The molecule has 0 fully saturated rings. The predicted molar refractivity (Wildman–Crippen MR) is 69.3 cm³/mol. The summed E-state index contributed by atoms with van der Waals surface area (Å²) in [6.45, 7) is 5.88. The number of hydrogen-bond acceptors (Lipinski definition) is 4. The van der Waals surface area contributed by atoms with E-state index < -0.39 is 11.4 Å². The van der Waals surface area contributed by atoms with Crippen LogP contribution in [0.2, 0.25) is 0 Å². The third-order valence-electron chi connectivity index (χ3n) is 2.30. The fourth-order valence-corrected chi connectivity index (χ4v) is 1.52. The molecule has 0 spiro atoms. The highest BCUT2D eigenvalue weighted by Crippen LogP contribution is 2.05. The average Bonchev–Trinajstić information content (AvgIpc) is 2.41. The van der Waals surface area contributed by atoms with Crippen molar-refractivity contribution in [1.29, 1.82) is 0 Å². The van der Waals surface area contributed by atoms with E-state index in [0.29, 0.717) is 10.9 Å². The summed E-state index contributed by atoms with van der Waals surface area (Å²) in [5.41, 5.74) is -0.0270. The first-order chi connectivity index (χ1) is 9.13. The van der Waals surface area contributed by atoms with Crippen LogP contribution < -0.4 is 10.2 Å². The highest BCUT2D eigenvalue weighted by atomic mass is 16.5. The molecule has 0 aromatic carbocycles. The van der Waals surface area contributed by atoms with E-state index >= 15 is 0 Å². The Balaban J connectivity index is 0.000000861. The van der Waals surface area contributed by atoms with E-state index in [9.17, 15) is 14.8 Å². The maximum Gasteiger partial charge on any atom is 0.343 e. The van der Waals surface area contributed by atoms with Gasteiger partial charge in [0, 0.05) is 17.0 Å². The minimum absolute atomic E-state index is 0.0463. The molecule has 0 unspecified atom stereocenters. The molecule has 0 radical (unpaired) electrons. The zero-order valence-corrected chi connectivity index (χ0v) is 11.1. The van der Waals surface area contributed by atoms with Crippen molar-refractivity contribution in [2.75, 3.05) is 6.61 Å². The molecule has 19 heavy (non-hydrogen) atoms. The highest BCUT2D eigenvalue weighted by Gasteiger charge is 2.15. The number of aromatic nitrogens is 2. The number of nitrogens with zero attached hydrogens (tertiary/aromatic N) is 1. The van der Waals surface area contributed by atoms with Gasteiger partial charge in [-0.2, -0.15) is 0 Å². The predicted octanol–water partition coefficient (Wildman–Crippen LogP) is 1.26. The van der Waals surface area contributed by atoms with E-state index in [-0.39, 0.29) is 12.2 Å². The van der Waals surface area contributed by atoms with E-state index in [1.807, 2.05) is 13.8 Å². The number of fused-ring (bicyclic) bond motifs is 1. The molecule has 0 aliphatic heterocycles. The van der Waals surface area contributed by atoms with Crippen molar-refractivity contribution in [2.45, 2.75) is 20.8 Å². The minimum atomic E-state index is -0.656. The monoisotopic (exact) mass is 265 g/mol. The van der Waals surface area contributed by atoms with Gasteiger partial charge in [-0.3, -0.25) is 10.0 Å². The van der Waals surface area contributed by atoms with Crippen LogP contribution in [-0.4, -0.2) is 22.8 Å². The zero-order chi connectivity index (χ0) is 14.4. The number of hydrogen-bond donors (Lipinski definition) is 2. The summed E-state index contributed by atoms with van der Waals surface area (Å²) in [5, 5.41) is 9.51. The Hall–Kier alpha value is -2.37. The molecule has 0 amide bonds. The molecule has 2 rings (SSSR count). The molecule has 6 nitrogen and oxygen atoms in total. The van der Waals surface area contributed by atoms with Gasteiger partial charge in [-0.05, 0) is 6.92 Å². The highest BCUT2D eigenvalue weighted by molar-refractivity contribution is 5.93. The summed E-state index contributed by atoms with van der Waals surface area (Å²) in [5.74, 6) is -0.656. The smallest absolute Gasteiger partial charge is 0.343 e. The van der Waals surface area contributed by atoms with Gasteiger partial charge in [0.15, 0.2) is 0 Å². The summed E-state index contributed by atoms with van der Waals surface area (Å²) in [4.78, 5) is 26.2. The van der Waals surface area contributed by atoms with Crippen LogP contribution in [0.1, 0.15) is 31.1 Å². The van der Waals surface area contributed by atoms with Gasteiger partial charge < -0.3 is 9.72 Å². The van der Waals surface area contributed by atoms with Gasteiger partial charge in [0.2, 0.25) is 17.8 Å². The topological polar surface area (TPSA) is 83.3 Å². The van der Waals surface area contributed by atoms with Crippen molar-refractivity contribution >= 4 is 16.9 Å². The van der Waals surface area contributed by atoms with Crippen molar-refractivity contribution in [3.63, 3.8) is 0 Å². The largest absolute Gasteiger partial charge is 0.462 e. The lowest BCUT2D eigenvalue weighted by molar-refractivity contribution is -0.904. The van der Waals surface area contributed by atoms with Crippen LogP contribution in [0.25, 0.3) is 10.9 Å². The first-order valence-electron chi connectivity index (χ1n) is 6.06. The van der Waals surface area contributed by atoms with Crippen LogP contribution in [0.4, 0.5) is 0 Å². The van der Waals surface area contributed by atoms with Crippen LogP contribution in [0.15, 0.2) is 29.5 Å². The van der Waals surface area contributed by atoms with Gasteiger partial charge in [-0.15, -0.1) is 0 Å². The Morgan fingerprint density at radius 3 is 2.79 bits per heavy atom. The molecular weight excluding hydrogens is 248 g/mol. The van der Waals surface area contributed by atoms with E-state index in [2.05, 4.69) is 4.98 Å². The fourth-order valence-electron chi connectivity index (χ4n) is 1.52. The fraction of sp³-hybridized carbons (Fsp3) is 0.308. The molecule has 2 aromatic heterocycles. The van der Waals surface area contributed by atoms with Gasteiger partial charge in [-0.25, -0.2) is 4.79 Å². The minimum Gasteiger partial charge on any atom is -0.462 e. The standard InChI is InChI=1S/C11H10N2O4.C2H6/c1-2-17-11(15)8-5-12-9-6-13(16)4-3-7(9)10(8)14;1-2/h3-6H,2H2,1H3,(H-,12,14,15,16);1-2H3/p+1. The number of nitrogens with one attached hydrogen (secondary N) is 1. The molecule has 2 N–H and O–H groups in total. The molecule has 0 aliphatic carbocycles. The molecule has 2 aromatic rings. The quantitative estimate of drug-likeness (QED) is 0.486. The lowest BCUT2D eigenvalue weighted by atomic mass is 10.2. The second-order valence-electron chi connectivity index (χ2n) is 3.40. The van der Waals surface area contributed by atoms with Crippen LogP contribution in [0, 0.1) is 0 Å². The van der Waals surface area contributed by atoms with Crippen LogP contribution in [0.3, 0.4) is 0 Å². The van der Waals surface area contributed by atoms with Gasteiger partial charge in [0.1, 0.15) is 11.1 Å². The van der Waals surface area contributed by atoms with Crippen LogP contribution >= 0.6 is 0 Å². The number of esters is 1. The molecule has 102 valence electrons. The van der Waals surface area contributed by atoms with E-state index in [1.54, 1.807) is 6.92 Å². The number of carbonyl (C=O) groups is 1. The molecule has 0 atom stereocenters. The average molecular weight is 265 g/mol. The number of rotatable bonds is 2. The lowest BCUT2D eigenvalue weighted by Crippen LogP contribution is -2.29. The first kappa shape index (κ1) is 14.7. The number of pyridine rings is 2. The summed E-state index contributed by atoms with van der Waals surface area (Å²) >= 11 is 0. The Bertz CT molecular complexity index is 634. The number of aromatic amines is 1. The summed E-state index contributed by atoms with van der Waals surface area (Å²) < 4.78 is 5.59. The number of carbonyl (C=O) groups excluding carboxylic acids is 1. The van der Waals surface area contributed by atoms with Crippen molar-refractivity contribution in [3.8, 4) is 0 Å². The van der Waals surface area contributed by atoms with Gasteiger partial charge in [0.05, 0.1) is 12.0 Å². The third-order valence-corrected chi connectivity index (χ3v) is 2.30. The van der Waals surface area contributed by atoms with Crippen molar-refractivity contribution in [2.24, 2.45) is 0 Å². The number of H-pyrrole nitrogens is 1. The normalized spacial score (nSPS) is 9.63. The van der Waals surface area contributed by atoms with Gasteiger partial charge in [0.25, 0.3) is 0 Å². The van der Waals surface area contributed by atoms with Crippen molar-refractivity contribution in [3.05, 3.63) is 40.4 Å². The van der Waals surface area contributed by atoms with E-state index in [4.69, 9.17) is 4.74 Å². The molecule has 0 saturated carbocycles. The summed E-state index contributed by atoms with van der Waals surface area (Å²) in [6, 6.07) is 1.43. The second kappa shape index (κ2) is 6.53. The van der Waals surface area contributed by atoms with Crippen LogP contribution in [-0.2, 0) is 4.74 Å². The third kappa shape index (κ3) is 3.09. The molecule has 2 heterocycles. The molecular formula is C13H17N2O4+. The Labute approximate surface area is 110 Å². The van der Waals surface area contributed by atoms with Gasteiger partial charge >= 0.3 is 5.97 Å². The second-order valence-corrected chi connectivity index (χ2v) is 3.40. The van der Waals surface area contributed by atoms with Gasteiger partial charge in [-0.1, -0.05) is 13.8 Å². The Morgan fingerprint density at radius 2 is 2.16 bits per heavy atom. The van der Waals surface area contributed by atoms with Crippen molar-refractivity contribution < 1.29 is 19.5 Å². The summed E-state index contributed by atoms with van der Waals surface area (Å²) in [7, 11) is 0. The summed E-state index contributed by atoms with van der Waals surface area (Å²) in [6.07, 6.45) is 3.93. The first-order valence-corrected chi connectivity index (χ1v) is 6.06.